The molecular formula is C18H14Cl2N2O. The van der Waals surface area contributed by atoms with Gasteiger partial charge in [-0.3, -0.25) is 4.79 Å². The Morgan fingerprint density at radius 2 is 1.83 bits per heavy atom. The Kier molecular flexibility index (Phi) is 4.51. The van der Waals surface area contributed by atoms with E-state index in [1.54, 1.807) is 24.3 Å². The van der Waals surface area contributed by atoms with E-state index in [1.165, 1.54) is 10.7 Å². The van der Waals surface area contributed by atoms with Crippen molar-refractivity contribution in [2.45, 2.75) is 13.5 Å². The summed E-state index contributed by atoms with van der Waals surface area (Å²) in [6, 6.07) is 16.4. The smallest absolute Gasteiger partial charge is 0.267 e. The number of hydrogen-bond donors (Lipinski definition) is 0. The molecule has 0 radical (unpaired) electrons. The lowest BCUT2D eigenvalue weighted by molar-refractivity contribution is 0.643. The Bertz CT molecular complexity index is 919. The Hall–Kier alpha value is -2.10. The summed E-state index contributed by atoms with van der Waals surface area (Å²) < 4.78 is 1.41. The first-order valence-corrected chi connectivity index (χ1v) is 7.88. The van der Waals surface area contributed by atoms with Crippen molar-refractivity contribution in [3.8, 4) is 11.3 Å². The van der Waals surface area contributed by atoms with E-state index in [0.717, 1.165) is 22.4 Å². The zero-order valence-corrected chi connectivity index (χ0v) is 14.0. The quantitative estimate of drug-likeness (QED) is 0.697. The summed E-state index contributed by atoms with van der Waals surface area (Å²) in [7, 11) is 0. The predicted octanol–water partition coefficient (Wildman–Crippen LogP) is 4.57. The zero-order valence-electron chi connectivity index (χ0n) is 12.5. The summed E-state index contributed by atoms with van der Waals surface area (Å²) in [6.45, 7) is 2.32. The summed E-state index contributed by atoms with van der Waals surface area (Å²) in [4.78, 5) is 12.1. The van der Waals surface area contributed by atoms with Crippen molar-refractivity contribution < 1.29 is 0 Å². The number of hydrogen-bond acceptors (Lipinski definition) is 2. The third kappa shape index (κ3) is 3.46. The minimum atomic E-state index is -0.173. The van der Waals surface area contributed by atoms with Crippen LogP contribution in [-0.2, 0) is 6.54 Å². The highest BCUT2D eigenvalue weighted by molar-refractivity contribution is 6.35. The first-order valence-electron chi connectivity index (χ1n) is 7.13. The second-order valence-electron chi connectivity index (χ2n) is 5.27. The third-order valence-corrected chi connectivity index (χ3v) is 4.21. The molecule has 0 saturated carbocycles. The summed E-state index contributed by atoms with van der Waals surface area (Å²) >= 11 is 12.1. The lowest BCUT2D eigenvalue weighted by atomic mass is 10.1. The lowest BCUT2D eigenvalue weighted by Crippen LogP contribution is -2.23. The van der Waals surface area contributed by atoms with Crippen LogP contribution in [0.5, 0.6) is 0 Å². The van der Waals surface area contributed by atoms with Gasteiger partial charge in [0.2, 0.25) is 0 Å². The van der Waals surface area contributed by atoms with E-state index in [-0.39, 0.29) is 5.56 Å². The van der Waals surface area contributed by atoms with Gasteiger partial charge in [-0.25, -0.2) is 4.68 Å². The number of aromatic nitrogens is 2. The summed E-state index contributed by atoms with van der Waals surface area (Å²) in [5, 5.41) is 5.56. The first kappa shape index (κ1) is 15.8. The van der Waals surface area contributed by atoms with Crippen LogP contribution < -0.4 is 5.56 Å². The highest BCUT2D eigenvalue weighted by atomic mass is 35.5. The fraction of sp³-hybridized carbons (Fsp3) is 0.111. The van der Waals surface area contributed by atoms with E-state index in [2.05, 4.69) is 5.10 Å². The number of aryl methyl sites for hydroxylation is 1. The molecule has 0 spiro atoms. The Morgan fingerprint density at radius 1 is 1.04 bits per heavy atom. The molecule has 3 aromatic rings. The van der Waals surface area contributed by atoms with Crippen LogP contribution in [0.15, 0.2) is 59.4 Å². The largest absolute Gasteiger partial charge is 0.268 e. The van der Waals surface area contributed by atoms with Gasteiger partial charge in [0.1, 0.15) is 0 Å². The van der Waals surface area contributed by atoms with Crippen molar-refractivity contribution in [3.05, 3.63) is 86.1 Å². The van der Waals surface area contributed by atoms with E-state index in [0.29, 0.717) is 16.6 Å². The number of nitrogens with zero attached hydrogens (tertiary/aromatic N) is 2. The monoisotopic (exact) mass is 344 g/mol. The van der Waals surface area contributed by atoms with E-state index in [4.69, 9.17) is 23.2 Å². The maximum Gasteiger partial charge on any atom is 0.267 e. The van der Waals surface area contributed by atoms with Crippen LogP contribution in [0, 0.1) is 6.92 Å². The van der Waals surface area contributed by atoms with Crippen LogP contribution in [0.3, 0.4) is 0 Å². The number of rotatable bonds is 3. The minimum absolute atomic E-state index is 0.173. The maximum atomic E-state index is 12.1. The molecule has 0 bridgehead atoms. The first-order chi connectivity index (χ1) is 11.0. The second-order valence-corrected chi connectivity index (χ2v) is 6.11. The molecule has 3 nitrogen and oxygen atoms in total. The van der Waals surface area contributed by atoms with E-state index >= 15 is 0 Å². The van der Waals surface area contributed by atoms with Crippen molar-refractivity contribution in [1.82, 2.24) is 9.78 Å². The molecule has 0 saturated heterocycles. The van der Waals surface area contributed by atoms with Gasteiger partial charge in [0, 0.05) is 21.7 Å². The standard InChI is InChI=1S/C18H14Cl2N2O/c1-12-4-2-3-5-15(12)17-8-9-18(23)22(21-17)11-13-6-7-14(19)10-16(13)20/h2-10H,11H2,1H3. The topological polar surface area (TPSA) is 34.9 Å². The van der Waals surface area contributed by atoms with Gasteiger partial charge in [-0.15, -0.1) is 0 Å². The van der Waals surface area contributed by atoms with Crippen LogP contribution in [0.1, 0.15) is 11.1 Å². The van der Waals surface area contributed by atoms with Gasteiger partial charge in [0.15, 0.2) is 0 Å². The molecule has 3 rings (SSSR count). The van der Waals surface area contributed by atoms with Gasteiger partial charge in [-0.1, -0.05) is 53.5 Å². The molecule has 0 aliphatic heterocycles. The number of halogens is 2. The second kappa shape index (κ2) is 6.57. The summed E-state index contributed by atoms with van der Waals surface area (Å²) in [5.41, 5.74) is 3.49. The van der Waals surface area contributed by atoms with Crippen molar-refractivity contribution in [1.29, 1.82) is 0 Å². The minimum Gasteiger partial charge on any atom is -0.268 e. The number of benzene rings is 2. The molecule has 5 heteroatoms. The molecule has 1 aromatic heterocycles. The van der Waals surface area contributed by atoms with E-state index in [9.17, 15) is 4.79 Å². The average molecular weight is 345 g/mol. The van der Waals surface area contributed by atoms with Gasteiger partial charge in [-0.2, -0.15) is 5.10 Å². The van der Waals surface area contributed by atoms with E-state index < -0.39 is 0 Å². The SMILES string of the molecule is Cc1ccccc1-c1ccc(=O)n(Cc2ccc(Cl)cc2Cl)n1. The normalized spacial score (nSPS) is 10.7. The van der Waals surface area contributed by atoms with E-state index in [1.807, 2.05) is 31.2 Å². The highest BCUT2D eigenvalue weighted by Crippen LogP contribution is 2.22. The van der Waals surface area contributed by atoms with Crippen LogP contribution >= 0.6 is 23.2 Å². The molecule has 0 amide bonds. The van der Waals surface area contributed by atoms with Gasteiger partial charge in [0.25, 0.3) is 5.56 Å². The molecule has 0 N–H and O–H groups in total. The molecule has 0 unspecified atom stereocenters. The van der Waals surface area contributed by atoms with Crippen molar-refractivity contribution in [2.75, 3.05) is 0 Å². The third-order valence-electron chi connectivity index (χ3n) is 3.62. The Morgan fingerprint density at radius 3 is 2.57 bits per heavy atom. The van der Waals surface area contributed by atoms with Crippen LogP contribution in [-0.4, -0.2) is 9.78 Å². The highest BCUT2D eigenvalue weighted by Gasteiger charge is 2.08. The van der Waals surface area contributed by atoms with Crippen LogP contribution in [0.25, 0.3) is 11.3 Å². The molecule has 0 aliphatic carbocycles. The van der Waals surface area contributed by atoms with Crippen LogP contribution in [0.2, 0.25) is 10.0 Å². The fourth-order valence-electron chi connectivity index (χ4n) is 2.38. The lowest BCUT2D eigenvalue weighted by Gasteiger charge is -2.10. The van der Waals surface area contributed by atoms with Crippen molar-refractivity contribution in [2.24, 2.45) is 0 Å². The molecule has 1 heterocycles. The van der Waals surface area contributed by atoms with Gasteiger partial charge in [-0.05, 0) is 36.2 Å². The van der Waals surface area contributed by atoms with Crippen LogP contribution in [0.4, 0.5) is 0 Å². The summed E-state index contributed by atoms with van der Waals surface area (Å²) in [5.74, 6) is 0. The van der Waals surface area contributed by atoms with Gasteiger partial charge >= 0.3 is 0 Å². The molecule has 23 heavy (non-hydrogen) atoms. The molecular weight excluding hydrogens is 331 g/mol. The average Bonchev–Trinajstić information content (AvgIpc) is 2.52. The van der Waals surface area contributed by atoms with Gasteiger partial charge in [0.05, 0.1) is 12.2 Å². The summed E-state index contributed by atoms with van der Waals surface area (Å²) in [6.07, 6.45) is 0. The molecule has 0 atom stereocenters. The molecule has 0 fully saturated rings. The maximum absolute atomic E-state index is 12.1. The predicted molar refractivity (Wildman–Crippen MR) is 94.2 cm³/mol. The van der Waals surface area contributed by atoms with Crippen molar-refractivity contribution in [3.63, 3.8) is 0 Å². The van der Waals surface area contributed by atoms with Gasteiger partial charge < -0.3 is 0 Å². The molecule has 116 valence electrons. The Balaban J connectivity index is 2.02. The molecule has 0 aliphatic rings. The fourth-order valence-corrected chi connectivity index (χ4v) is 2.85. The van der Waals surface area contributed by atoms with Crippen molar-refractivity contribution >= 4 is 23.2 Å². The zero-order chi connectivity index (χ0) is 16.4. The molecule has 2 aromatic carbocycles. The Labute approximate surface area is 144 Å².